The second-order valence-electron chi connectivity index (χ2n) is 4.05. The molecule has 5 nitrogen and oxygen atoms in total. The van der Waals surface area contributed by atoms with Crippen LogP contribution in [0.15, 0.2) is 18.2 Å². The molecule has 1 saturated heterocycles. The van der Waals surface area contributed by atoms with Crippen LogP contribution in [0.5, 0.6) is 0 Å². The van der Waals surface area contributed by atoms with Crippen LogP contribution >= 0.6 is 0 Å². The first-order valence-electron chi connectivity index (χ1n) is 5.57. The van der Waals surface area contributed by atoms with E-state index >= 15 is 0 Å². The first kappa shape index (κ1) is 9.59. The molecule has 16 heavy (non-hydrogen) atoms. The van der Waals surface area contributed by atoms with Gasteiger partial charge in [0, 0.05) is 6.61 Å². The number of hydrogen-bond acceptors (Lipinski definition) is 4. The van der Waals surface area contributed by atoms with Crippen LogP contribution in [-0.4, -0.2) is 21.2 Å². The molecule has 2 aromatic rings. The smallest absolute Gasteiger partial charge is 0.180 e. The minimum atomic E-state index is 0.0352. The van der Waals surface area contributed by atoms with Crippen molar-refractivity contribution >= 4 is 11.5 Å². The number of ether oxygens (including phenoxy) is 1. The second kappa shape index (κ2) is 3.75. The Morgan fingerprint density at radius 3 is 3.06 bits per heavy atom. The molecule has 1 aliphatic heterocycles. The van der Waals surface area contributed by atoms with Crippen LogP contribution in [-0.2, 0) is 4.74 Å². The van der Waals surface area contributed by atoms with Crippen LogP contribution < -0.4 is 5.73 Å². The normalized spacial score (nSPS) is 21.4. The third-order valence-corrected chi connectivity index (χ3v) is 2.87. The average Bonchev–Trinajstić information content (AvgIpc) is 2.76. The van der Waals surface area contributed by atoms with Crippen molar-refractivity contribution < 1.29 is 4.74 Å². The molecule has 1 atom stereocenters. The summed E-state index contributed by atoms with van der Waals surface area (Å²) in [5, 5.41) is 4.39. The van der Waals surface area contributed by atoms with Gasteiger partial charge in [-0.2, -0.15) is 4.52 Å². The number of nitrogen functional groups attached to an aromatic ring is 1. The lowest BCUT2D eigenvalue weighted by Gasteiger charge is -2.19. The molecule has 2 N–H and O–H groups in total. The summed E-state index contributed by atoms with van der Waals surface area (Å²) in [5.74, 6) is 1.35. The minimum absolute atomic E-state index is 0.0352. The average molecular weight is 218 g/mol. The maximum atomic E-state index is 5.82. The molecule has 2 aromatic heterocycles. The molecule has 84 valence electrons. The SMILES string of the molecule is Nc1cccc2nc(C3CCCCO3)nn12. The Morgan fingerprint density at radius 2 is 2.31 bits per heavy atom. The lowest BCUT2D eigenvalue weighted by atomic mass is 10.1. The van der Waals surface area contributed by atoms with E-state index in [1.54, 1.807) is 4.52 Å². The Bertz CT molecular complexity index is 502. The molecule has 0 radical (unpaired) electrons. The van der Waals surface area contributed by atoms with E-state index in [9.17, 15) is 0 Å². The molecule has 0 saturated carbocycles. The van der Waals surface area contributed by atoms with Crippen molar-refractivity contribution in [3.8, 4) is 0 Å². The zero-order valence-electron chi connectivity index (χ0n) is 8.97. The van der Waals surface area contributed by atoms with Gasteiger partial charge in [-0.3, -0.25) is 0 Å². The summed E-state index contributed by atoms with van der Waals surface area (Å²) in [6, 6.07) is 5.59. The van der Waals surface area contributed by atoms with Gasteiger partial charge in [0.25, 0.3) is 0 Å². The van der Waals surface area contributed by atoms with E-state index in [-0.39, 0.29) is 6.10 Å². The van der Waals surface area contributed by atoms with Gasteiger partial charge in [-0.25, -0.2) is 4.98 Å². The molecule has 0 aromatic carbocycles. The van der Waals surface area contributed by atoms with Gasteiger partial charge < -0.3 is 10.5 Å². The second-order valence-corrected chi connectivity index (χ2v) is 4.05. The number of hydrogen-bond donors (Lipinski definition) is 1. The number of anilines is 1. The third-order valence-electron chi connectivity index (χ3n) is 2.87. The zero-order valence-corrected chi connectivity index (χ0v) is 8.97. The van der Waals surface area contributed by atoms with Crippen molar-refractivity contribution in [2.75, 3.05) is 12.3 Å². The van der Waals surface area contributed by atoms with Crippen molar-refractivity contribution in [1.29, 1.82) is 0 Å². The quantitative estimate of drug-likeness (QED) is 0.788. The summed E-state index contributed by atoms with van der Waals surface area (Å²) in [6.45, 7) is 0.801. The minimum Gasteiger partial charge on any atom is -0.384 e. The van der Waals surface area contributed by atoms with Gasteiger partial charge in [0.15, 0.2) is 11.5 Å². The van der Waals surface area contributed by atoms with E-state index in [2.05, 4.69) is 10.1 Å². The van der Waals surface area contributed by atoms with Crippen LogP contribution in [0.25, 0.3) is 5.65 Å². The Balaban J connectivity index is 2.01. The van der Waals surface area contributed by atoms with Gasteiger partial charge in [0.2, 0.25) is 0 Å². The zero-order chi connectivity index (χ0) is 11.0. The number of pyridine rings is 1. The van der Waals surface area contributed by atoms with E-state index in [0.717, 1.165) is 30.9 Å². The maximum absolute atomic E-state index is 5.82. The highest BCUT2D eigenvalue weighted by Crippen LogP contribution is 2.25. The number of nitrogens with two attached hydrogens (primary N) is 1. The number of rotatable bonds is 1. The molecule has 0 bridgehead atoms. The fraction of sp³-hybridized carbons (Fsp3) is 0.455. The van der Waals surface area contributed by atoms with Crippen molar-refractivity contribution in [1.82, 2.24) is 14.6 Å². The Kier molecular flexibility index (Phi) is 2.25. The largest absolute Gasteiger partial charge is 0.384 e. The number of nitrogens with zero attached hydrogens (tertiary/aromatic N) is 3. The fourth-order valence-corrected chi connectivity index (χ4v) is 2.02. The van der Waals surface area contributed by atoms with Crippen LogP contribution in [0.3, 0.4) is 0 Å². The number of fused-ring (bicyclic) bond motifs is 1. The van der Waals surface area contributed by atoms with E-state index < -0.39 is 0 Å². The summed E-state index contributed by atoms with van der Waals surface area (Å²) in [6.07, 6.45) is 3.34. The van der Waals surface area contributed by atoms with E-state index in [4.69, 9.17) is 10.5 Å². The summed E-state index contributed by atoms with van der Waals surface area (Å²) in [7, 11) is 0. The van der Waals surface area contributed by atoms with Gasteiger partial charge in [-0.1, -0.05) is 6.07 Å². The van der Waals surface area contributed by atoms with Gasteiger partial charge in [0.05, 0.1) is 0 Å². The number of aromatic nitrogens is 3. The molecule has 1 unspecified atom stereocenters. The Morgan fingerprint density at radius 1 is 1.38 bits per heavy atom. The highest BCUT2D eigenvalue weighted by Gasteiger charge is 2.20. The highest BCUT2D eigenvalue weighted by molar-refractivity contribution is 5.46. The van der Waals surface area contributed by atoms with Crippen molar-refractivity contribution in [3.05, 3.63) is 24.0 Å². The molecule has 1 fully saturated rings. The molecule has 5 heteroatoms. The van der Waals surface area contributed by atoms with Gasteiger partial charge in [-0.05, 0) is 31.4 Å². The molecule has 0 amide bonds. The van der Waals surface area contributed by atoms with Crippen LogP contribution in [0.2, 0.25) is 0 Å². The van der Waals surface area contributed by atoms with Crippen molar-refractivity contribution in [2.45, 2.75) is 25.4 Å². The van der Waals surface area contributed by atoms with Gasteiger partial charge in [-0.15, -0.1) is 5.10 Å². The molecule has 0 aliphatic carbocycles. The fourth-order valence-electron chi connectivity index (χ4n) is 2.02. The topological polar surface area (TPSA) is 65.4 Å². The monoisotopic (exact) mass is 218 g/mol. The van der Waals surface area contributed by atoms with Crippen LogP contribution in [0.1, 0.15) is 31.2 Å². The van der Waals surface area contributed by atoms with Crippen molar-refractivity contribution in [3.63, 3.8) is 0 Å². The lowest BCUT2D eigenvalue weighted by Crippen LogP contribution is -2.13. The first-order chi connectivity index (χ1) is 7.84. The maximum Gasteiger partial charge on any atom is 0.180 e. The van der Waals surface area contributed by atoms with E-state index in [1.807, 2.05) is 18.2 Å². The van der Waals surface area contributed by atoms with Crippen LogP contribution in [0.4, 0.5) is 5.82 Å². The first-order valence-corrected chi connectivity index (χ1v) is 5.57. The van der Waals surface area contributed by atoms with E-state index in [1.165, 1.54) is 6.42 Å². The highest BCUT2D eigenvalue weighted by atomic mass is 16.5. The summed E-state index contributed by atoms with van der Waals surface area (Å²) in [4.78, 5) is 4.44. The summed E-state index contributed by atoms with van der Waals surface area (Å²) in [5.41, 5.74) is 6.60. The van der Waals surface area contributed by atoms with Gasteiger partial charge >= 0.3 is 0 Å². The molecule has 0 spiro atoms. The summed E-state index contributed by atoms with van der Waals surface area (Å²) >= 11 is 0. The standard InChI is InChI=1S/C11H14N4O/c12-9-5-3-6-10-13-11(14-15(9)10)8-4-1-2-7-16-8/h3,5-6,8H,1-2,4,7,12H2. The van der Waals surface area contributed by atoms with Crippen molar-refractivity contribution in [2.24, 2.45) is 0 Å². The predicted octanol–water partition coefficient (Wildman–Crippen LogP) is 1.55. The molecular weight excluding hydrogens is 204 g/mol. The van der Waals surface area contributed by atoms with Gasteiger partial charge in [0.1, 0.15) is 11.9 Å². The molecule has 3 rings (SSSR count). The Labute approximate surface area is 93.2 Å². The molecule has 3 heterocycles. The third kappa shape index (κ3) is 1.53. The molecular formula is C11H14N4O. The summed E-state index contributed by atoms with van der Waals surface area (Å²) < 4.78 is 7.31. The predicted molar refractivity (Wildman–Crippen MR) is 59.9 cm³/mol. The molecule has 1 aliphatic rings. The lowest BCUT2D eigenvalue weighted by molar-refractivity contribution is 0.00963. The van der Waals surface area contributed by atoms with Crippen LogP contribution in [0, 0.1) is 0 Å². The Hall–Kier alpha value is -1.62. The van der Waals surface area contributed by atoms with E-state index in [0.29, 0.717) is 5.82 Å².